The number of hydrazone groups is 1. The lowest BCUT2D eigenvalue weighted by Crippen LogP contribution is -2.63. The van der Waals surface area contributed by atoms with Gasteiger partial charge in [-0.2, -0.15) is 4.57 Å². The first kappa shape index (κ1) is 14.4. The number of hydrogen-bond acceptors (Lipinski definition) is 4. The average Bonchev–Trinajstić information content (AvgIpc) is 2.40. The number of pyridine rings is 1. The summed E-state index contributed by atoms with van der Waals surface area (Å²) in [6.45, 7) is 0.00643. The van der Waals surface area contributed by atoms with E-state index in [1.807, 2.05) is 0 Å². The molecule has 1 fully saturated rings. The van der Waals surface area contributed by atoms with Crippen molar-refractivity contribution in [1.82, 2.24) is 9.80 Å². The Morgan fingerprint density at radius 3 is 2.95 bits per heavy atom. The highest BCUT2D eigenvalue weighted by molar-refractivity contribution is 6.28. The van der Waals surface area contributed by atoms with Crippen LogP contribution in [0.1, 0.15) is 6.35 Å². The molecule has 0 aromatic carbocycles. The van der Waals surface area contributed by atoms with Crippen LogP contribution in [0.25, 0.3) is 0 Å². The Balaban J connectivity index is 2.33. The maximum absolute atomic E-state index is 12.4. The van der Waals surface area contributed by atoms with Gasteiger partial charge in [0.1, 0.15) is 18.6 Å². The van der Waals surface area contributed by atoms with Gasteiger partial charge in [0.05, 0.1) is 0 Å². The van der Waals surface area contributed by atoms with Crippen molar-refractivity contribution < 1.29 is 19.4 Å². The second kappa shape index (κ2) is 5.99. The zero-order valence-corrected chi connectivity index (χ0v) is 11.3. The van der Waals surface area contributed by atoms with Crippen molar-refractivity contribution in [2.24, 2.45) is 5.10 Å². The second-order valence-corrected chi connectivity index (χ2v) is 4.41. The number of hydrogen-bond donors (Lipinski definition) is 0. The smallest absolute Gasteiger partial charge is 0.281 e. The van der Waals surface area contributed by atoms with Crippen LogP contribution >= 0.6 is 11.6 Å². The zero-order valence-electron chi connectivity index (χ0n) is 10.5. The Morgan fingerprint density at radius 1 is 1.55 bits per heavy atom. The Labute approximate surface area is 119 Å². The van der Waals surface area contributed by atoms with Gasteiger partial charge in [0.2, 0.25) is 0 Å². The zero-order chi connectivity index (χ0) is 14.7. The molecule has 0 bridgehead atoms. The van der Waals surface area contributed by atoms with Crippen molar-refractivity contribution in [3.8, 4) is 0 Å². The van der Waals surface area contributed by atoms with Crippen molar-refractivity contribution in [3.63, 3.8) is 0 Å². The first-order chi connectivity index (χ1) is 9.50. The molecule has 20 heavy (non-hydrogen) atoms. The number of rotatable bonds is 3. The van der Waals surface area contributed by atoms with Crippen molar-refractivity contribution in [3.05, 3.63) is 39.7 Å². The number of ether oxygens (including phenoxy) is 1. The molecule has 1 unspecified atom stereocenters. The second-order valence-electron chi connectivity index (χ2n) is 4.02. The molecule has 0 radical (unpaired) electrons. The van der Waals surface area contributed by atoms with E-state index in [0.717, 1.165) is 4.90 Å². The van der Waals surface area contributed by atoms with Crippen LogP contribution < -0.4 is 9.67 Å². The summed E-state index contributed by atoms with van der Waals surface area (Å²) in [7, 11) is 1.54. The van der Waals surface area contributed by atoms with Gasteiger partial charge < -0.3 is 14.7 Å². The fourth-order valence-corrected chi connectivity index (χ4v) is 1.96. The van der Waals surface area contributed by atoms with Crippen LogP contribution in [0.4, 0.5) is 0 Å². The number of guanidine groups is 1. The molecule has 2 heterocycles. The molecule has 1 atom stereocenters. The third kappa shape index (κ3) is 2.95. The largest absolute Gasteiger partial charge is 0.779 e. The Kier molecular flexibility index (Phi) is 4.32. The van der Waals surface area contributed by atoms with E-state index in [1.165, 1.54) is 15.7 Å². The van der Waals surface area contributed by atoms with Crippen molar-refractivity contribution >= 4 is 17.6 Å². The van der Waals surface area contributed by atoms with Gasteiger partial charge in [-0.3, -0.25) is 4.90 Å². The summed E-state index contributed by atoms with van der Waals surface area (Å²) in [5.74, 6) is -0.0753. The van der Waals surface area contributed by atoms with Gasteiger partial charge in [0, 0.05) is 19.2 Å². The summed E-state index contributed by atoms with van der Waals surface area (Å²) in [5, 5.41) is 25.6. The standard InChI is InChI=1S/C10H12ClN5O4/c1-13-6-20-7-15(9(13)12-16(18)19)10(17)14-5-3-2-4-8(14)11/h2-5,10H,6-7H2,1H3. The summed E-state index contributed by atoms with van der Waals surface area (Å²) in [6, 6.07) is 4.86. The van der Waals surface area contributed by atoms with Crippen LogP contribution in [-0.4, -0.2) is 41.3 Å². The van der Waals surface area contributed by atoms with Gasteiger partial charge in [-0.15, -0.1) is 0 Å². The highest BCUT2D eigenvalue weighted by Gasteiger charge is 2.31. The van der Waals surface area contributed by atoms with Gasteiger partial charge >= 0.3 is 0 Å². The lowest BCUT2D eigenvalue weighted by molar-refractivity contribution is -0.869. The molecule has 1 saturated heterocycles. The Morgan fingerprint density at radius 2 is 2.30 bits per heavy atom. The monoisotopic (exact) mass is 301 g/mol. The minimum absolute atomic E-state index is 0.0753. The van der Waals surface area contributed by atoms with Gasteiger partial charge in [-0.05, 0) is 17.7 Å². The van der Waals surface area contributed by atoms with Crippen molar-refractivity contribution in [2.45, 2.75) is 6.35 Å². The van der Waals surface area contributed by atoms with E-state index in [9.17, 15) is 15.2 Å². The third-order valence-electron chi connectivity index (χ3n) is 2.63. The van der Waals surface area contributed by atoms with Crippen LogP contribution in [-0.2, 0) is 4.74 Å². The predicted octanol–water partition coefficient (Wildman–Crippen LogP) is -0.829. The van der Waals surface area contributed by atoms with Crippen LogP contribution in [0.5, 0.6) is 0 Å². The summed E-state index contributed by atoms with van der Waals surface area (Å²) in [5.41, 5.74) is 0. The van der Waals surface area contributed by atoms with Crippen LogP contribution in [0.2, 0.25) is 5.15 Å². The number of halogens is 1. The quantitative estimate of drug-likeness (QED) is 0.313. The molecule has 2 rings (SSSR count). The highest BCUT2D eigenvalue weighted by Crippen LogP contribution is 2.12. The number of nitrogens with zero attached hydrogens (tertiary/aromatic N) is 5. The molecule has 1 aromatic heterocycles. The van der Waals surface area contributed by atoms with Crippen molar-refractivity contribution in [2.75, 3.05) is 20.5 Å². The van der Waals surface area contributed by atoms with E-state index in [-0.39, 0.29) is 24.6 Å². The molecule has 0 amide bonds. The summed E-state index contributed by atoms with van der Waals surface area (Å²) in [6.07, 6.45) is -0.0385. The lowest BCUT2D eigenvalue weighted by atomic mass is 10.5. The summed E-state index contributed by atoms with van der Waals surface area (Å²) >= 11 is 5.94. The van der Waals surface area contributed by atoms with Crippen LogP contribution in [0.15, 0.2) is 29.5 Å². The van der Waals surface area contributed by atoms with Gasteiger partial charge in [0.15, 0.2) is 17.6 Å². The maximum Gasteiger partial charge on any atom is 0.281 e. The Hall–Kier alpha value is -1.97. The molecule has 1 aromatic rings. The molecule has 1 aliphatic rings. The predicted molar refractivity (Wildman–Crippen MR) is 65.5 cm³/mol. The molecule has 0 N–H and O–H groups in total. The van der Waals surface area contributed by atoms with Crippen molar-refractivity contribution in [1.29, 1.82) is 0 Å². The van der Waals surface area contributed by atoms with E-state index in [1.54, 1.807) is 25.2 Å². The van der Waals surface area contributed by atoms with Crippen LogP contribution in [0, 0.1) is 10.1 Å². The molecule has 1 aliphatic heterocycles. The average molecular weight is 302 g/mol. The summed E-state index contributed by atoms with van der Waals surface area (Å²) in [4.78, 5) is 13.1. The van der Waals surface area contributed by atoms with Crippen LogP contribution in [0.3, 0.4) is 0 Å². The van der Waals surface area contributed by atoms with Gasteiger partial charge in [-0.25, -0.2) is 10.1 Å². The van der Waals surface area contributed by atoms with E-state index >= 15 is 0 Å². The molecular formula is C10H12ClN5O4. The SMILES string of the molecule is CN1COCN(C([O-])[n+]2ccccc2Cl)C1=N[N+](=O)[O-]. The molecule has 0 aliphatic carbocycles. The topological polar surface area (TPSA) is 98.2 Å². The fourth-order valence-electron chi connectivity index (χ4n) is 1.74. The third-order valence-corrected chi connectivity index (χ3v) is 2.95. The summed E-state index contributed by atoms with van der Waals surface area (Å²) < 4.78 is 6.40. The molecule has 10 heteroatoms. The maximum atomic E-state index is 12.4. The molecule has 9 nitrogen and oxygen atoms in total. The molecule has 0 spiro atoms. The first-order valence-electron chi connectivity index (χ1n) is 5.60. The molecule has 108 valence electrons. The number of nitro groups is 1. The van der Waals surface area contributed by atoms with Gasteiger partial charge in [-0.1, -0.05) is 0 Å². The molecular weight excluding hydrogens is 290 g/mol. The van der Waals surface area contributed by atoms with E-state index < -0.39 is 11.4 Å². The van der Waals surface area contributed by atoms with Gasteiger partial charge in [0.25, 0.3) is 11.1 Å². The van der Waals surface area contributed by atoms with E-state index in [4.69, 9.17) is 16.3 Å². The molecule has 0 saturated carbocycles. The number of aromatic nitrogens is 1. The first-order valence-corrected chi connectivity index (χ1v) is 5.98. The normalized spacial score (nSPS) is 19.2. The Bertz CT molecular complexity index is 540. The fraction of sp³-hybridized carbons (Fsp3) is 0.400. The minimum atomic E-state index is -1.52. The van der Waals surface area contributed by atoms with E-state index in [0.29, 0.717) is 0 Å². The lowest BCUT2D eigenvalue weighted by Gasteiger charge is -2.39. The minimum Gasteiger partial charge on any atom is -0.779 e. The highest BCUT2D eigenvalue weighted by atomic mass is 35.5. The van der Waals surface area contributed by atoms with E-state index in [2.05, 4.69) is 5.10 Å².